The minimum absolute atomic E-state index is 0.248. The van der Waals surface area contributed by atoms with E-state index in [0.29, 0.717) is 18.2 Å². The van der Waals surface area contributed by atoms with E-state index in [4.69, 9.17) is 21.7 Å². The zero-order valence-electron chi connectivity index (χ0n) is 10.4. The number of methoxy groups -OCH3 is 2. The van der Waals surface area contributed by atoms with Gasteiger partial charge in [-0.15, -0.1) is 0 Å². The van der Waals surface area contributed by atoms with Crippen molar-refractivity contribution in [2.45, 2.75) is 12.8 Å². The summed E-state index contributed by atoms with van der Waals surface area (Å²) in [6.07, 6.45) is -0.337. The highest BCUT2D eigenvalue weighted by atomic mass is 32.1. The number of ether oxygens (including phenoxy) is 2. The van der Waals surface area contributed by atoms with Gasteiger partial charge in [0.25, 0.3) is 0 Å². The molecule has 0 aromatic heterocycles. The molecule has 1 aromatic rings. The van der Waals surface area contributed by atoms with Gasteiger partial charge in [0.15, 0.2) is 11.4 Å². The summed E-state index contributed by atoms with van der Waals surface area (Å²) in [5.41, 5.74) is 0.954. The molecule has 6 heteroatoms. The van der Waals surface area contributed by atoms with Gasteiger partial charge in [-0.3, -0.25) is 0 Å². The lowest BCUT2D eigenvalue weighted by atomic mass is 10.2. The fourth-order valence-corrected chi connectivity index (χ4v) is 1.44. The van der Waals surface area contributed by atoms with Gasteiger partial charge in [0.1, 0.15) is 5.82 Å². The van der Waals surface area contributed by atoms with Crippen LogP contribution in [0.4, 0.5) is 4.39 Å². The van der Waals surface area contributed by atoms with E-state index in [0.717, 1.165) is 5.56 Å². The maximum atomic E-state index is 12.7. The summed E-state index contributed by atoms with van der Waals surface area (Å²) in [4.78, 5) is 0. The normalized spacial score (nSPS) is 10.4. The number of hydrogen-bond donors (Lipinski definition) is 2. The lowest BCUT2D eigenvalue weighted by Crippen LogP contribution is -2.40. The van der Waals surface area contributed by atoms with E-state index in [2.05, 4.69) is 10.6 Å². The molecule has 0 aliphatic rings. The SMILES string of the molecule is COC(CNC(=S)NCc1ccc(F)cc1)OC. The summed E-state index contributed by atoms with van der Waals surface area (Å²) in [5.74, 6) is -0.248. The van der Waals surface area contributed by atoms with E-state index >= 15 is 0 Å². The van der Waals surface area contributed by atoms with E-state index in [1.807, 2.05) is 0 Å². The first kappa shape index (κ1) is 14.8. The third-order valence-corrected chi connectivity index (χ3v) is 2.61. The second kappa shape index (κ2) is 7.97. The molecule has 0 spiro atoms. The van der Waals surface area contributed by atoms with Crippen molar-refractivity contribution >= 4 is 17.3 Å². The third kappa shape index (κ3) is 5.39. The van der Waals surface area contributed by atoms with E-state index < -0.39 is 0 Å². The van der Waals surface area contributed by atoms with E-state index in [1.165, 1.54) is 12.1 Å². The van der Waals surface area contributed by atoms with Crippen LogP contribution >= 0.6 is 12.2 Å². The third-order valence-electron chi connectivity index (χ3n) is 2.32. The monoisotopic (exact) mass is 272 g/mol. The van der Waals surface area contributed by atoms with Crippen molar-refractivity contribution in [1.29, 1.82) is 0 Å². The molecule has 0 saturated heterocycles. The number of benzene rings is 1. The highest BCUT2D eigenvalue weighted by Crippen LogP contribution is 2.01. The first-order chi connectivity index (χ1) is 8.65. The Morgan fingerprint density at radius 3 is 2.39 bits per heavy atom. The van der Waals surface area contributed by atoms with E-state index in [9.17, 15) is 4.39 Å². The molecule has 1 rings (SSSR count). The second-order valence-corrected chi connectivity index (χ2v) is 4.00. The Morgan fingerprint density at radius 1 is 1.22 bits per heavy atom. The van der Waals surface area contributed by atoms with E-state index in [1.54, 1.807) is 26.4 Å². The second-order valence-electron chi connectivity index (χ2n) is 3.59. The summed E-state index contributed by atoms with van der Waals surface area (Å²) in [7, 11) is 3.12. The average molecular weight is 272 g/mol. The molecule has 0 radical (unpaired) electrons. The molecule has 1 aromatic carbocycles. The molecule has 0 fully saturated rings. The van der Waals surface area contributed by atoms with Gasteiger partial charge in [0.05, 0.1) is 6.54 Å². The van der Waals surface area contributed by atoms with Crippen LogP contribution in [0.3, 0.4) is 0 Å². The predicted octanol–water partition coefficient (Wildman–Crippen LogP) is 1.41. The summed E-state index contributed by atoms with van der Waals surface area (Å²) < 4.78 is 22.7. The largest absolute Gasteiger partial charge is 0.359 e. The van der Waals surface area contributed by atoms with Gasteiger partial charge in [-0.05, 0) is 29.9 Å². The standard InChI is InChI=1S/C12H17FN2O2S/c1-16-11(17-2)8-15-12(18)14-7-9-3-5-10(13)6-4-9/h3-6,11H,7-8H2,1-2H3,(H2,14,15,18). The Labute approximate surface area is 111 Å². The van der Waals surface area contributed by atoms with Gasteiger partial charge in [-0.1, -0.05) is 12.1 Å². The molecule has 2 N–H and O–H groups in total. The molecule has 0 atom stereocenters. The smallest absolute Gasteiger partial charge is 0.174 e. The summed E-state index contributed by atoms with van der Waals surface area (Å²) in [5, 5.41) is 6.47. The van der Waals surface area contributed by atoms with Crippen molar-refractivity contribution in [1.82, 2.24) is 10.6 Å². The fourth-order valence-electron chi connectivity index (χ4n) is 1.29. The Bertz CT molecular complexity index is 369. The zero-order chi connectivity index (χ0) is 13.4. The van der Waals surface area contributed by atoms with E-state index in [-0.39, 0.29) is 12.1 Å². The molecule has 0 unspecified atom stereocenters. The maximum absolute atomic E-state index is 12.7. The van der Waals surface area contributed by atoms with Crippen LogP contribution in [0.15, 0.2) is 24.3 Å². The minimum atomic E-state index is -0.337. The Hall–Kier alpha value is -1.24. The highest BCUT2D eigenvalue weighted by Gasteiger charge is 2.05. The number of nitrogens with one attached hydrogen (secondary N) is 2. The van der Waals surface area contributed by atoms with Crippen LogP contribution in [0.25, 0.3) is 0 Å². The van der Waals surface area contributed by atoms with Gasteiger partial charge in [0, 0.05) is 20.8 Å². The van der Waals surface area contributed by atoms with Crippen LogP contribution in [0.1, 0.15) is 5.56 Å². The Morgan fingerprint density at radius 2 is 1.83 bits per heavy atom. The molecule has 4 nitrogen and oxygen atoms in total. The lowest BCUT2D eigenvalue weighted by Gasteiger charge is -2.16. The van der Waals surface area contributed by atoms with Crippen LogP contribution < -0.4 is 10.6 Å². The van der Waals surface area contributed by atoms with Gasteiger partial charge in [-0.2, -0.15) is 0 Å². The molecule has 0 bridgehead atoms. The van der Waals surface area contributed by atoms with Crippen molar-refractivity contribution in [2.24, 2.45) is 0 Å². The Balaban J connectivity index is 2.26. The van der Waals surface area contributed by atoms with Crippen molar-refractivity contribution in [3.05, 3.63) is 35.6 Å². The van der Waals surface area contributed by atoms with Crippen LogP contribution in [0, 0.1) is 5.82 Å². The van der Waals surface area contributed by atoms with Crippen molar-refractivity contribution in [3.63, 3.8) is 0 Å². The molecule has 100 valence electrons. The lowest BCUT2D eigenvalue weighted by molar-refractivity contribution is -0.0965. The van der Waals surface area contributed by atoms with Gasteiger partial charge in [0.2, 0.25) is 0 Å². The molecular formula is C12H17FN2O2S. The molecule has 0 heterocycles. The first-order valence-electron chi connectivity index (χ1n) is 5.47. The van der Waals surface area contributed by atoms with Crippen LogP contribution in [-0.4, -0.2) is 32.2 Å². The van der Waals surface area contributed by atoms with Crippen LogP contribution in [0.2, 0.25) is 0 Å². The molecule has 0 aliphatic heterocycles. The number of halogens is 1. The van der Waals surface area contributed by atoms with Gasteiger partial charge < -0.3 is 20.1 Å². The minimum Gasteiger partial charge on any atom is -0.359 e. The summed E-state index contributed by atoms with van der Waals surface area (Å²) in [6.45, 7) is 0.999. The zero-order valence-corrected chi connectivity index (χ0v) is 11.2. The van der Waals surface area contributed by atoms with Gasteiger partial charge >= 0.3 is 0 Å². The van der Waals surface area contributed by atoms with Crippen molar-refractivity contribution < 1.29 is 13.9 Å². The van der Waals surface area contributed by atoms with Crippen LogP contribution in [-0.2, 0) is 16.0 Å². The molecule has 0 aliphatic carbocycles. The number of hydrogen-bond acceptors (Lipinski definition) is 3. The summed E-state index contributed by atoms with van der Waals surface area (Å²) in [6, 6.07) is 6.24. The summed E-state index contributed by atoms with van der Waals surface area (Å²) >= 11 is 5.09. The topological polar surface area (TPSA) is 42.5 Å². The van der Waals surface area contributed by atoms with Crippen molar-refractivity contribution in [2.75, 3.05) is 20.8 Å². The average Bonchev–Trinajstić information content (AvgIpc) is 2.39. The molecule has 18 heavy (non-hydrogen) atoms. The first-order valence-corrected chi connectivity index (χ1v) is 5.88. The number of rotatable bonds is 6. The quantitative estimate of drug-likeness (QED) is 0.605. The maximum Gasteiger partial charge on any atom is 0.174 e. The fraction of sp³-hybridized carbons (Fsp3) is 0.417. The van der Waals surface area contributed by atoms with Gasteiger partial charge in [-0.25, -0.2) is 4.39 Å². The van der Waals surface area contributed by atoms with Crippen molar-refractivity contribution in [3.8, 4) is 0 Å². The molecule has 0 amide bonds. The Kier molecular flexibility index (Phi) is 6.56. The number of thiocarbonyl (C=S) groups is 1. The molecule has 0 saturated carbocycles. The van der Waals surface area contributed by atoms with Crippen LogP contribution in [0.5, 0.6) is 0 Å². The molecular weight excluding hydrogens is 255 g/mol. The predicted molar refractivity (Wildman–Crippen MR) is 71.6 cm³/mol. The highest BCUT2D eigenvalue weighted by molar-refractivity contribution is 7.80.